The van der Waals surface area contributed by atoms with E-state index < -0.39 is 0 Å². The molecule has 3 heteroatoms. The fourth-order valence-electron chi connectivity index (χ4n) is 0. The van der Waals surface area contributed by atoms with Crippen LogP contribution in [0, 0.1) is 29.2 Å². The van der Waals surface area contributed by atoms with E-state index in [4.69, 9.17) is 5.73 Å². The Labute approximate surface area is 75.1 Å². The van der Waals surface area contributed by atoms with Gasteiger partial charge in [0.05, 0.1) is 0 Å². The van der Waals surface area contributed by atoms with E-state index in [2.05, 4.69) is 16.6 Å². The normalized spacial score (nSPS) is 4.00. The second kappa shape index (κ2) is 66.6. The molecule has 0 aliphatic heterocycles. The van der Waals surface area contributed by atoms with Crippen molar-refractivity contribution in [3.63, 3.8) is 0 Å². The van der Waals surface area contributed by atoms with Gasteiger partial charge >= 0.3 is 27.0 Å². The molecule has 64 valence electrons. The third kappa shape index (κ3) is 119. The van der Waals surface area contributed by atoms with E-state index in [1.54, 1.807) is 0 Å². The molecule has 0 aromatic heterocycles. The van der Waals surface area contributed by atoms with Crippen LogP contribution in [0.2, 0.25) is 0 Å². The Balaban J connectivity index is -0.00000000990. The van der Waals surface area contributed by atoms with Crippen LogP contribution in [0.15, 0.2) is 0 Å². The van der Waals surface area contributed by atoms with Crippen LogP contribution in [0.4, 0.5) is 0 Å². The van der Waals surface area contributed by atoms with Crippen molar-refractivity contribution in [1.29, 1.82) is 0 Å². The van der Waals surface area contributed by atoms with E-state index in [9.17, 15) is 0 Å². The summed E-state index contributed by atoms with van der Waals surface area (Å²) in [6.45, 7) is 3.88. The molecule has 0 fully saturated rings. The summed E-state index contributed by atoms with van der Waals surface area (Å²) in [6.07, 6.45) is 0.736. The van der Waals surface area contributed by atoms with Gasteiger partial charge in [-0.15, -0.1) is 0 Å². The molecular weight excluding hydrogens is 223 g/mol. The second-order valence-corrected chi connectivity index (χ2v) is 0.604. The van der Waals surface area contributed by atoms with Crippen LogP contribution >= 0.6 is 9.69 Å². The SMILES string of the molecule is [CH2-].[CH2-]CC[NH-].[CH3-].[CH3-].[Cl][Ru]. The molecule has 1 N–H and O–H groups in total. The Bertz CT molecular complexity index is 15.0. The van der Waals surface area contributed by atoms with Crippen molar-refractivity contribution in [3.8, 4) is 0 Å². The van der Waals surface area contributed by atoms with Crippen molar-refractivity contribution < 1.29 is 17.3 Å². The molecule has 0 saturated heterocycles. The van der Waals surface area contributed by atoms with Crippen LogP contribution in [-0.4, -0.2) is 6.54 Å². The summed E-state index contributed by atoms with van der Waals surface area (Å²) < 4.78 is 0. The zero-order valence-corrected chi connectivity index (χ0v) is 8.55. The molecule has 1 radical (unpaired) electrons. The topological polar surface area (TPSA) is 23.8 Å². The fourth-order valence-corrected chi connectivity index (χ4v) is 0. The van der Waals surface area contributed by atoms with Gasteiger partial charge in [-0.05, 0) is 0 Å². The molecule has 0 amide bonds. The van der Waals surface area contributed by atoms with Crippen molar-refractivity contribution in [2.24, 2.45) is 0 Å². The minimum atomic E-state index is 0. The van der Waals surface area contributed by atoms with Crippen LogP contribution in [0.3, 0.4) is 0 Å². The maximum absolute atomic E-state index is 6.39. The first-order valence-electron chi connectivity index (χ1n) is 1.49. The molecule has 0 aliphatic carbocycles. The van der Waals surface area contributed by atoms with Gasteiger partial charge in [0.25, 0.3) is 0 Å². The summed E-state index contributed by atoms with van der Waals surface area (Å²) in [6, 6.07) is 0. The summed E-state index contributed by atoms with van der Waals surface area (Å²) in [5.41, 5.74) is 6.39. The fraction of sp³-hybridized carbons (Fsp3) is 0.333. The molecule has 0 rings (SSSR count). The number of hydrogen-bond donors (Lipinski definition) is 0. The van der Waals surface area contributed by atoms with Gasteiger partial charge < -0.3 is 34.9 Å². The Morgan fingerprint density at radius 2 is 1.44 bits per heavy atom. The first-order valence-corrected chi connectivity index (χ1v) is 3.73. The molecule has 0 aromatic carbocycles. The third-order valence-electron chi connectivity index (χ3n) is 0.177. The summed E-state index contributed by atoms with van der Waals surface area (Å²) in [4.78, 5) is 0. The molecule has 0 unspecified atom stereocenters. The van der Waals surface area contributed by atoms with Crippen molar-refractivity contribution in [1.82, 2.24) is 0 Å². The molecule has 0 bridgehead atoms. The van der Waals surface area contributed by atoms with Gasteiger partial charge in [-0.2, -0.15) is 6.54 Å². The predicted octanol–water partition coefficient (Wildman–Crippen LogP) is 3.18. The summed E-state index contributed by atoms with van der Waals surface area (Å²) in [7, 11) is 4.57. The summed E-state index contributed by atoms with van der Waals surface area (Å²) in [5.74, 6) is 0. The van der Waals surface area contributed by atoms with Crippen LogP contribution < -0.4 is 0 Å². The number of nitrogens with one attached hydrogen (secondary N) is 1. The summed E-state index contributed by atoms with van der Waals surface area (Å²) >= 11 is 1.82. The van der Waals surface area contributed by atoms with Gasteiger partial charge in [-0.3, -0.25) is 0 Å². The Morgan fingerprint density at radius 3 is 1.44 bits per heavy atom. The van der Waals surface area contributed by atoms with Crippen LogP contribution in [0.1, 0.15) is 6.42 Å². The number of halogens is 1. The van der Waals surface area contributed by atoms with E-state index in [-0.39, 0.29) is 22.3 Å². The van der Waals surface area contributed by atoms with Gasteiger partial charge in [-0.25, -0.2) is 6.42 Å². The number of rotatable bonds is 1. The van der Waals surface area contributed by atoms with Crippen molar-refractivity contribution in [3.05, 3.63) is 34.9 Å². The molecular formula is C6H15ClNRu-5. The molecule has 0 heterocycles. The zero-order chi connectivity index (χ0) is 5.41. The van der Waals surface area contributed by atoms with Gasteiger partial charge in [0.1, 0.15) is 0 Å². The summed E-state index contributed by atoms with van der Waals surface area (Å²) in [5, 5.41) is 0. The maximum atomic E-state index is 6.39. The van der Waals surface area contributed by atoms with Gasteiger partial charge in [0, 0.05) is 0 Å². The van der Waals surface area contributed by atoms with E-state index >= 15 is 0 Å². The van der Waals surface area contributed by atoms with E-state index in [0.717, 1.165) is 6.42 Å². The van der Waals surface area contributed by atoms with E-state index in [1.165, 1.54) is 0 Å². The Kier molecular flexibility index (Phi) is 242. The van der Waals surface area contributed by atoms with Crippen LogP contribution in [0.5, 0.6) is 0 Å². The average molecular weight is 238 g/mol. The minimum absolute atomic E-state index is 0. The predicted molar refractivity (Wildman–Crippen MR) is 43.2 cm³/mol. The third-order valence-corrected chi connectivity index (χ3v) is 0.177. The average Bonchev–Trinajstić information content (AvgIpc) is 1.72. The Morgan fingerprint density at radius 1 is 1.33 bits per heavy atom. The van der Waals surface area contributed by atoms with E-state index in [1.807, 2.05) is 17.3 Å². The monoisotopic (exact) mass is 238 g/mol. The van der Waals surface area contributed by atoms with Gasteiger partial charge in [0.2, 0.25) is 0 Å². The quantitative estimate of drug-likeness (QED) is 0.494. The first-order chi connectivity index (χ1) is 2.91. The van der Waals surface area contributed by atoms with Gasteiger partial charge in [-0.1, -0.05) is 0 Å². The van der Waals surface area contributed by atoms with E-state index in [0.29, 0.717) is 6.54 Å². The zero-order valence-electron chi connectivity index (χ0n) is 6.06. The molecule has 9 heavy (non-hydrogen) atoms. The van der Waals surface area contributed by atoms with Crippen LogP contribution in [0.25, 0.3) is 5.73 Å². The Hall–Kier alpha value is 0.873. The first kappa shape index (κ1) is 32.7. The second-order valence-electron chi connectivity index (χ2n) is 0.604. The van der Waals surface area contributed by atoms with Gasteiger partial charge in [0.15, 0.2) is 0 Å². The molecule has 0 atom stereocenters. The molecule has 0 spiro atoms. The number of hydrogen-bond acceptors (Lipinski definition) is 0. The molecule has 1 nitrogen and oxygen atoms in total. The standard InChI is InChI=1S/C3H7N.2CH3.CH2.ClH.Ru/c1-2-3-4;;;;;/h4H,1-3H2;2*1H3;1H2;1H;/q-2;3*-1;;+1/p-1. The van der Waals surface area contributed by atoms with Crippen molar-refractivity contribution in [2.75, 3.05) is 6.54 Å². The van der Waals surface area contributed by atoms with Crippen molar-refractivity contribution in [2.45, 2.75) is 6.42 Å². The van der Waals surface area contributed by atoms with Crippen molar-refractivity contribution >= 4 is 9.69 Å². The molecule has 0 aliphatic rings. The van der Waals surface area contributed by atoms with Crippen LogP contribution in [-0.2, 0) is 17.3 Å². The molecule has 0 aromatic rings. The molecule has 0 saturated carbocycles.